The minimum atomic E-state index is -0.472. The van der Waals surface area contributed by atoms with Crippen LogP contribution in [0.25, 0.3) is 11.2 Å². The van der Waals surface area contributed by atoms with Gasteiger partial charge in [0.2, 0.25) is 12.7 Å². The molecule has 0 atom stereocenters. The highest BCUT2D eigenvalue weighted by Gasteiger charge is 2.20. The van der Waals surface area contributed by atoms with Gasteiger partial charge >= 0.3 is 5.69 Å². The van der Waals surface area contributed by atoms with Gasteiger partial charge in [-0.2, -0.15) is 4.98 Å². The van der Waals surface area contributed by atoms with Crippen molar-refractivity contribution < 1.29 is 13.9 Å². The van der Waals surface area contributed by atoms with Crippen LogP contribution in [0.1, 0.15) is 11.1 Å². The lowest BCUT2D eigenvalue weighted by Crippen LogP contribution is -2.37. The summed E-state index contributed by atoms with van der Waals surface area (Å²) in [6.45, 7) is 0.773. The van der Waals surface area contributed by atoms with Crippen molar-refractivity contribution >= 4 is 17.1 Å². The molecule has 0 bridgehead atoms. The Hall–Kier alpha value is -4.08. The third-order valence-electron chi connectivity index (χ3n) is 5.47. The minimum Gasteiger partial charge on any atom is -0.454 e. The Morgan fingerprint density at radius 1 is 1.03 bits per heavy atom. The van der Waals surface area contributed by atoms with E-state index in [2.05, 4.69) is 10.3 Å². The Morgan fingerprint density at radius 2 is 1.84 bits per heavy atom. The standard InChI is InChI=1S/C22H20FN5O4/c1-26-19-18(20(29)27(2)22(26)30)28(11-14-4-3-5-15(23)8-14)21(25-19)24-10-13-6-7-16-17(9-13)32-12-31-16/h3-9H,10-12H2,1-2H3,(H,24,25). The van der Waals surface area contributed by atoms with E-state index in [0.717, 1.165) is 10.1 Å². The molecule has 4 aromatic rings. The molecule has 10 heteroatoms. The van der Waals surface area contributed by atoms with Crippen molar-refractivity contribution in [2.45, 2.75) is 13.1 Å². The van der Waals surface area contributed by atoms with Gasteiger partial charge in [-0.3, -0.25) is 18.5 Å². The zero-order valence-electron chi connectivity index (χ0n) is 17.5. The SMILES string of the molecule is Cn1c(=O)c2c(nc(NCc3ccc4c(c3)OCO4)n2Cc2cccc(F)c2)n(C)c1=O. The number of rotatable bonds is 5. The third-order valence-corrected chi connectivity index (χ3v) is 5.47. The van der Waals surface area contributed by atoms with E-state index in [0.29, 0.717) is 29.6 Å². The summed E-state index contributed by atoms with van der Waals surface area (Å²) >= 11 is 0. The van der Waals surface area contributed by atoms with Crippen molar-refractivity contribution in [3.8, 4) is 11.5 Å². The summed E-state index contributed by atoms with van der Waals surface area (Å²) in [4.78, 5) is 29.9. The molecular weight excluding hydrogens is 417 g/mol. The molecule has 0 saturated heterocycles. The molecule has 5 rings (SSSR count). The monoisotopic (exact) mass is 437 g/mol. The van der Waals surface area contributed by atoms with Crippen LogP contribution in [0.15, 0.2) is 52.1 Å². The van der Waals surface area contributed by atoms with Crippen molar-refractivity contribution in [1.29, 1.82) is 0 Å². The van der Waals surface area contributed by atoms with Crippen molar-refractivity contribution in [1.82, 2.24) is 18.7 Å². The number of nitrogens with one attached hydrogen (secondary N) is 1. The maximum atomic E-state index is 13.8. The van der Waals surface area contributed by atoms with Crippen LogP contribution in [0.3, 0.4) is 0 Å². The number of aryl methyl sites for hydroxylation is 1. The molecule has 0 saturated carbocycles. The van der Waals surface area contributed by atoms with Crippen LogP contribution in [0.4, 0.5) is 10.3 Å². The molecule has 0 radical (unpaired) electrons. The van der Waals surface area contributed by atoms with Crippen LogP contribution in [0.5, 0.6) is 11.5 Å². The number of hydrogen-bond acceptors (Lipinski definition) is 6. The average Bonchev–Trinajstić information content (AvgIpc) is 3.39. The van der Waals surface area contributed by atoms with Crippen molar-refractivity contribution in [2.24, 2.45) is 14.1 Å². The van der Waals surface area contributed by atoms with E-state index < -0.39 is 11.2 Å². The van der Waals surface area contributed by atoms with E-state index in [1.54, 1.807) is 23.7 Å². The number of anilines is 1. The predicted molar refractivity (Wildman–Crippen MR) is 116 cm³/mol. The molecule has 9 nitrogen and oxygen atoms in total. The number of benzene rings is 2. The second-order valence-corrected chi connectivity index (χ2v) is 7.57. The number of halogens is 1. The summed E-state index contributed by atoms with van der Waals surface area (Å²) in [5, 5.41) is 3.24. The number of ether oxygens (including phenoxy) is 2. The first-order chi connectivity index (χ1) is 15.4. The molecule has 32 heavy (non-hydrogen) atoms. The van der Waals surface area contributed by atoms with Gasteiger partial charge in [-0.15, -0.1) is 0 Å². The fourth-order valence-electron chi connectivity index (χ4n) is 3.79. The summed E-state index contributed by atoms with van der Waals surface area (Å²) < 4.78 is 28.6. The van der Waals surface area contributed by atoms with Crippen molar-refractivity contribution in [2.75, 3.05) is 12.1 Å². The predicted octanol–water partition coefficient (Wildman–Crippen LogP) is 1.96. The van der Waals surface area contributed by atoms with E-state index in [9.17, 15) is 14.0 Å². The number of aromatic nitrogens is 4. The van der Waals surface area contributed by atoms with Crippen molar-refractivity contribution in [3.63, 3.8) is 0 Å². The Labute approximate surface area is 181 Å². The molecule has 0 spiro atoms. The summed E-state index contributed by atoms with van der Waals surface area (Å²) in [6.07, 6.45) is 0. The topological polar surface area (TPSA) is 92.3 Å². The van der Waals surface area contributed by atoms with Gasteiger partial charge in [-0.25, -0.2) is 9.18 Å². The lowest BCUT2D eigenvalue weighted by atomic mass is 10.2. The summed E-state index contributed by atoms with van der Waals surface area (Å²) in [5.74, 6) is 1.36. The fraction of sp³-hybridized carbons (Fsp3) is 0.227. The molecule has 0 amide bonds. The van der Waals surface area contributed by atoms with Gasteiger partial charge in [0.25, 0.3) is 5.56 Å². The van der Waals surface area contributed by atoms with E-state index in [4.69, 9.17) is 9.47 Å². The van der Waals surface area contributed by atoms with Crippen LogP contribution < -0.4 is 26.0 Å². The van der Waals surface area contributed by atoms with Gasteiger partial charge in [0.15, 0.2) is 22.7 Å². The summed E-state index contributed by atoms with van der Waals surface area (Å²) in [7, 11) is 2.98. The van der Waals surface area contributed by atoms with Gasteiger partial charge in [0, 0.05) is 20.6 Å². The molecule has 1 aliphatic heterocycles. The molecule has 164 valence electrons. The highest BCUT2D eigenvalue weighted by molar-refractivity contribution is 5.74. The first kappa shape index (κ1) is 19.9. The number of fused-ring (bicyclic) bond motifs is 2. The largest absolute Gasteiger partial charge is 0.454 e. The Balaban J connectivity index is 1.59. The Morgan fingerprint density at radius 3 is 2.66 bits per heavy atom. The third kappa shape index (κ3) is 3.29. The molecule has 0 unspecified atom stereocenters. The second-order valence-electron chi connectivity index (χ2n) is 7.57. The van der Waals surface area contributed by atoms with E-state index >= 15 is 0 Å². The van der Waals surface area contributed by atoms with Gasteiger partial charge < -0.3 is 14.8 Å². The van der Waals surface area contributed by atoms with Crippen molar-refractivity contribution in [3.05, 3.63) is 80.2 Å². The maximum absolute atomic E-state index is 13.8. The second kappa shape index (κ2) is 7.56. The molecule has 3 heterocycles. The Kier molecular flexibility index (Phi) is 4.69. The van der Waals surface area contributed by atoms with Gasteiger partial charge in [-0.05, 0) is 35.4 Å². The molecule has 0 fully saturated rings. The highest BCUT2D eigenvalue weighted by Crippen LogP contribution is 2.32. The smallest absolute Gasteiger partial charge is 0.332 e. The lowest BCUT2D eigenvalue weighted by Gasteiger charge is -2.12. The zero-order chi connectivity index (χ0) is 22.4. The Bertz CT molecular complexity index is 1470. The van der Waals surface area contributed by atoms with Crippen LogP contribution in [0, 0.1) is 5.82 Å². The lowest BCUT2D eigenvalue weighted by molar-refractivity contribution is 0.174. The summed E-state index contributed by atoms with van der Waals surface area (Å²) in [5.41, 5.74) is 1.14. The molecule has 1 N–H and O–H groups in total. The highest BCUT2D eigenvalue weighted by atomic mass is 19.1. The number of hydrogen-bond donors (Lipinski definition) is 1. The van der Waals surface area contributed by atoms with Crippen LogP contribution >= 0.6 is 0 Å². The van der Waals surface area contributed by atoms with E-state index in [1.807, 2.05) is 18.2 Å². The molecular formula is C22H20FN5O4. The molecule has 0 aliphatic carbocycles. The average molecular weight is 437 g/mol. The molecule has 2 aromatic carbocycles. The normalized spacial score (nSPS) is 12.5. The van der Waals surface area contributed by atoms with E-state index in [-0.39, 0.29) is 30.3 Å². The first-order valence-corrected chi connectivity index (χ1v) is 9.95. The zero-order valence-corrected chi connectivity index (χ0v) is 17.5. The van der Waals surface area contributed by atoms with Crippen LogP contribution in [-0.4, -0.2) is 25.5 Å². The van der Waals surface area contributed by atoms with Gasteiger partial charge in [0.05, 0.1) is 6.54 Å². The minimum absolute atomic E-state index is 0.187. The molecule has 1 aliphatic rings. The number of nitrogens with zero attached hydrogens (tertiary/aromatic N) is 4. The quantitative estimate of drug-likeness (QED) is 0.513. The summed E-state index contributed by atoms with van der Waals surface area (Å²) in [6, 6.07) is 11.7. The number of imidazole rings is 1. The first-order valence-electron chi connectivity index (χ1n) is 9.95. The van der Waals surface area contributed by atoms with Crippen LogP contribution in [0.2, 0.25) is 0 Å². The van der Waals surface area contributed by atoms with E-state index in [1.165, 1.54) is 23.7 Å². The maximum Gasteiger partial charge on any atom is 0.332 e. The molecule has 2 aromatic heterocycles. The van der Waals surface area contributed by atoms with Gasteiger partial charge in [0.1, 0.15) is 5.82 Å². The fourth-order valence-corrected chi connectivity index (χ4v) is 3.79. The van der Waals surface area contributed by atoms with Crippen LogP contribution in [-0.2, 0) is 27.2 Å². The van der Waals surface area contributed by atoms with Gasteiger partial charge in [-0.1, -0.05) is 18.2 Å².